The van der Waals surface area contributed by atoms with Crippen molar-refractivity contribution in [1.82, 2.24) is 9.97 Å². The van der Waals surface area contributed by atoms with Crippen LogP contribution in [0.2, 0.25) is 5.02 Å². The number of para-hydroxylation sites is 2. The highest BCUT2D eigenvalue weighted by Gasteiger charge is 2.09. The van der Waals surface area contributed by atoms with E-state index >= 15 is 0 Å². The van der Waals surface area contributed by atoms with Crippen LogP contribution < -0.4 is 10.5 Å². The molecule has 0 aliphatic carbocycles. The number of fused-ring (bicyclic) bond motifs is 1. The van der Waals surface area contributed by atoms with E-state index in [4.69, 9.17) is 22.1 Å². The lowest BCUT2D eigenvalue weighted by Gasteiger charge is -2.10. The molecule has 0 spiro atoms. The Balaban J connectivity index is 2.06. The van der Waals surface area contributed by atoms with Gasteiger partial charge in [0.15, 0.2) is 5.75 Å². The Morgan fingerprint density at radius 2 is 1.75 bits per heavy atom. The van der Waals surface area contributed by atoms with Crippen molar-refractivity contribution in [2.24, 2.45) is 0 Å². The van der Waals surface area contributed by atoms with E-state index in [0.717, 1.165) is 11.0 Å². The lowest BCUT2D eigenvalue weighted by molar-refractivity contribution is 0.460. The van der Waals surface area contributed by atoms with Crippen LogP contribution in [-0.4, -0.2) is 9.97 Å². The van der Waals surface area contributed by atoms with Crippen LogP contribution in [0.25, 0.3) is 11.0 Å². The smallest absolute Gasteiger partial charge is 0.241 e. The van der Waals surface area contributed by atoms with Crippen molar-refractivity contribution in [2.45, 2.75) is 6.92 Å². The number of nitrogens with two attached hydrogens (primary N) is 1. The highest BCUT2D eigenvalue weighted by atomic mass is 35.5. The van der Waals surface area contributed by atoms with E-state index in [1.807, 2.05) is 31.2 Å². The summed E-state index contributed by atoms with van der Waals surface area (Å²) in [4.78, 5) is 8.92. The number of hydrogen-bond acceptors (Lipinski definition) is 4. The van der Waals surface area contributed by atoms with Crippen LogP contribution in [0.3, 0.4) is 0 Å². The van der Waals surface area contributed by atoms with Crippen molar-refractivity contribution in [2.75, 3.05) is 5.73 Å². The van der Waals surface area contributed by atoms with E-state index in [-0.39, 0.29) is 0 Å². The number of benzene rings is 2. The first-order valence-corrected chi connectivity index (χ1v) is 6.47. The van der Waals surface area contributed by atoms with E-state index < -0.39 is 0 Å². The summed E-state index contributed by atoms with van der Waals surface area (Å²) < 4.78 is 5.75. The van der Waals surface area contributed by atoms with Crippen molar-refractivity contribution in [1.29, 1.82) is 0 Å². The maximum atomic E-state index is 5.95. The summed E-state index contributed by atoms with van der Waals surface area (Å²) in [5.41, 5.74) is 8.67. The molecule has 0 saturated heterocycles. The van der Waals surface area contributed by atoms with Crippen LogP contribution in [0, 0.1) is 6.92 Å². The predicted octanol–water partition coefficient (Wildman–Crippen LogP) is 3.97. The van der Waals surface area contributed by atoms with E-state index in [1.54, 1.807) is 18.2 Å². The van der Waals surface area contributed by atoms with Crippen molar-refractivity contribution >= 4 is 28.3 Å². The molecular weight excluding hydrogens is 274 g/mol. The van der Waals surface area contributed by atoms with E-state index in [2.05, 4.69) is 9.97 Å². The molecule has 2 N–H and O–H groups in total. The van der Waals surface area contributed by atoms with Gasteiger partial charge in [0.25, 0.3) is 0 Å². The molecule has 0 aliphatic heterocycles. The molecule has 1 aromatic heterocycles. The van der Waals surface area contributed by atoms with Crippen LogP contribution >= 0.6 is 11.6 Å². The van der Waals surface area contributed by atoms with Gasteiger partial charge in [-0.05, 0) is 31.2 Å². The third-order valence-electron chi connectivity index (χ3n) is 2.88. The number of halogens is 1. The van der Waals surface area contributed by atoms with Gasteiger partial charge in [0.05, 0.1) is 16.7 Å². The maximum Gasteiger partial charge on any atom is 0.241 e. The fraction of sp³-hybridized carbons (Fsp3) is 0.0667. The Kier molecular flexibility index (Phi) is 3.16. The van der Waals surface area contributed by atoms with Gasteiger partial charge in [-0.2, -0.15) is 0 Å². The number of aryl methyl sites for hydroxylation is 1. The fourth-order valence-corrected chi connectivity index (χ4v) is 2.03. The second-order valence-corrected chi connectivity index (χ2v) is 4.82. The summed E-state index contributed by atoms with van der Waals surface area (Å²) in [6.07, 6.45) is 0. The Morgan fingerprint density at radius 3 is 2.50 bits per heavy atom. The lowest BCUT2D eigenvalue weighted by Crippen LogP contribution is -1.98. The van der Waals surface area contributed by atoms with Gasteiger partial charge in [0, 0.05) is 11.1 Å². The molecule has 20 heavy (non-hydrogen) atoms. The Hall–Kier alpha value is -2.33. The maximum absolute atomic E-state index is 5.95. The minimum absolute atomic E-state index is 0.428. The second-order valence-electron chi connectivity index (χ2n) is 4.39. The van der Waals surface area contributed by atoms with Crippen LogP contribution in [0.5, 0.6) is 11.6 Å². The third-order valence-corrected chi connectivity index (χ3v) is 3.12. The third kappa shape index (κ3) is 2.38. The number of hydrogen-bond donors (Lipinski definition) is 1. The van der Waals surface area contributed by atoms with Crippen LogP contribution in [0.1, 0.15) is 5.69 Å². The van der Waals surface area contributed by atoms with Gasteiger partial charge >= 0.3 is 0 Å². The minimum atomic E-state index is 0.428. The Morgan fingerprint density at radius 1 is 1.05 bits per heavy atom. The monoisotopic (exact) mass is 285 g/mol. The molecule has 0 fully saturated rings. The van der Waals surface area contributed by atoms with Crippen LogP contribution in [0.4, 0.5) is 5.69 Å². The van der Waals surface area contributed by atoms with Gasteiger partial charge in [-0.3, -0.25) is 0 Å². The van der Waals surface area contributed by atoms with Gasteiger partial charge in [0.2, 0.25) is 5.88 Å². The first-order valence-electron chi connectivity index (χ1n) is 6.10. The fourth-order valence-electron chi connectivity index (χ4n) is 1.87. The zero-order valence-electron chi connectivity index (χ0n) is 10.8. The molecule has 0 radical (unpaired) electrons. The largest absolute Gasteiger partial charge is 0.435 e. The highest BCUT2D eigenvalue weighted by molar-refractivity contribution is 6.30. The number of nitrogens with zero attached hydrogens (tertiary/aromatic N) is 2. The molecule has 5 heteroatoms. The molecule has 100 valence electrons. The van der Waals surface area contributed by atoms with Gasteiger partial charge in [-0.1, -0.05) is 23.7 Å². The molecule has 4 nitrogen and oxygen atoms in total. The van der Waals surface area contributed by atoms with Crippen molar-refractivity contribution in [3.63, 3.8) is 0 Å². The van der Waals surface area contributed by atoms with Crippen molar-refractivity contribution in [3.8, 4) is 11.6 Å². The molecule has 3 aromatic rings. The number of ether oxygens (including phenoxy) is 1. The number of aromatic nitrogens is 2. The lowest BCUT2D eigenvalue weighted by atomic mass is 10.3. The topological polar surface area (TPSA) is 61.0 Å². The van der Waals surface area contributed by atoms with Gasteiger partial charge in [0.1, 0.15) is 5.69 Å². The molecular formula is C15H12ClN3O. The van der Waals surface area contributed by atoms with Gasteiger partial charge in [-0.15, -0.1) is 0 Å². The van der Waals surface area contributed by atoms with E-state index in [1.165, 1.54) is 0 Å². The summed E-state index contributed by atoms with van der Waals surface area (Å²) >= 11 is 5.95. The molecule has 0 amide bonds. The summed E-state index contributed by atoms with van der Waals surface area (Å²) in [6, 6.07) is 12.7. The zero-order chi connectivity index (χ0) is 14.1. The zero-order valence-corrected chi connectivity index (χ0v) is 11.6. The predicted molar refractivity (Wildman–Crippen MR) is 80.2 cm³/mol. The normalized spacial score (nSPS) is 10.7. The molecule has 1 heterocycles. The van der Waals surface area contributed by atoms with Crippen molar-refractivity contribution in [3.05, 3.63) is 53.2 Å². The molecule has 3 rings (SSSR count). The first kappa shape index (κ1) is 12.7. The molecule has 0 unspecified atom stereocenters. The van der Waals surface area contributed by atoms with E-state index in [0.29, 0.717) is 28.0 Å². The standard InChI is InChI=1S/C15H12ClN3O/c1-9-15(19-13-5-3-2-4-12(13)18-9)20-14-8-10(16)6-7-11(14)17/h2-8H,17H2,1H3. The van der Waals surface area contributed by atoms with E-state index in [9.17, 15) is 0 Å². The molecule has 0 atom stereocenters. The molecule has 0 aliphatic rings. The summed E-state index contributed by atoms with van der Waals surface area (Å²) in [6.45, 7) is 1.84. The average molecular weight is 286 g/mol. The van der Waals surface area contributed by atoms with Gasteiger partial charge in [-0.25, -0.2) is 9.97 Å². The summed E-state index contributed by atoms with van der Waals surface area (Å²) in [7, 11) is 0. The Labute approximate surface area is 121 Å². The summed E-state index contributed by atoms with van der Waals surface area (Å²) in [5, 5.41) is 0.556. The van der Waals surface area contributed by atoms with Gasteiger partial charge < -0.3 is 10.5 Å². The number of rotatable bonds is 2. The average Bonchev–Trinajstić information content (AvgIpc) is 2.43. The molecule has 2 aromatic carbocycles. The number of nitrogen functional groups attached to an aromatic ring is 1. The second kappa shape index (κ2) is 4.98. The molecule has 0 bridgehead atoms. The highest BCUT2D eigenvalue weighted by Crippen LogP contribution is 2.31. The quantitative estimate of drug-likeness (QED) is 0.724. The first-order chi connectivity index (χ1) is 9.63. The van der Waals surface area contributed by atoms with Crippen molar-refractivity contribution < 1.29 is 4.74 Å². The molecule has 0 saturated carbocycles. The Bertz CT molecular complexity index is 789. The number of anilines is 1. The summed E-state index contributed by atoms with van der Waals surface area (Å²) in [5.74, 6) is 0.905. The SMILES string of the molecule is Cc1nc2ccccc2nc1Oc1cc(Cl)ccc1N. The minimum Gasteiger partial charge on any atom is -0.435 e. The van der Waals surface area contributed by atoms with Crippen LogP contribution in [0.15, 0.2) is 42.5 Å². The van der Waals surface area contributed by atoms with Crippen LogP contribution in [-0.2, 0) is 0 Å².